The summed E-state index contributed by atoms with van der Waals surface area (Å²) in [5, 5.41) is 10.9. The molecule has 0 spiro atoms. The predicted molar refractivity (Wildman–Crippen MR) is 86.8 cm³/mol. The third-order valence-electron chi connectivity index (χ3n) is 3.74. The first-order valence-electron chi connectivity index (χ1n) is 8.05. The zero-order valence-corrected chi connectivity index (χ0v) is 13.5. The Hall–Kier alpha value is -0.830. The van der Waals surface area contributed by atoms with Crippen molar-refractivity contribution >= 4 is 17.3 Å². The number of thiophene rings is 1. The summed E-state index contributed by atoms with van der Waals surface area (Å²) < 4.78 is 0. The molecule has 0 atom stereocenters. The molecule has 2 nitrogen and oxygen atoms in total. The topological polar surface area (TPSA) is 37.3 Å². The van der Waals surface area contributed by atoms with Crippen molar-refractivity contribution < 1.29 is 9.90 Å². The third-order valence-corrected chi connectivity index (χ3v) is 4.69. The van der Waals surface area contributed by atoms with Crippen molar-refractivity contribution in [3.8, 4) is 0 Å². The number of carboxylic acids is 1. The van der Waals surface area contributed by atoms with E-state index < -0.39 is 5.97 Å². The fourth-order valence-electron chi connectivity index (χ4n) is 2.52. The highest BCUT2D eigenvalue weighted by Gasteiger charge is 2.10. The van der Waals surface area contributed by atoms with Crippen molar-refractivity contribution in [2.75, 3.05) is 0 Å². The number of aromatic carboxylic acids is 1. The van der Waals surface area contributed by atoms with Gasteiger partial charge in [0.15, 0.2) is 0 Å². The first-order valence-corrected chi connectivity index (χ1v) is 8.93. The van der Waals surface area contributed by atoms with E-state index in [0.29, 0.717) is 4.88 Å². The molecular formula is C17H28O2S. The molecule has 0 saturated carbocycles. The van der Waals surface area contributed by atoms with Crippen LogP contribution in [0.3, 0.4) is 0 Å². The lowest BCUT2D eigenvalue weighted by Gasteiger charge is -2.03. The maximum absolute atomic E-state index is 11.0. The van der Waals surface area contributed by atoms with Gasteiger partial charge in [0, 0.05) is 0 Å². The SMILES string of the molecule is CCCCCCCCCCCCc1ccsc1C(=O)O. The Kier molecular flexibility index (Phi) is 9.38. The van der Waals surface area contributed by atoms with Crippen LogP contribution in [0.25, 0.3) is 0 Å². The number of carboxylic acid groups (broad SMARTS) is 1. The molecule has 0 saturated heterocycles. The van der Waals surface area contributed by atoms with Gasteiger partial charge in [0.25, 0.3) is 0 Å². The minimum atomic E-state index is -0.776. The summed E-state index contributed by atoms with van der Waals surface area (Å²) in [5.41, 5.74) is 1.02. The van der Waals surface area contributed by atoms with E-state index >= 15 is 0 Å². The summed E-state index contributed by atoms with van der Waals surface area (Å²) in [4.78, 5) is 11.5. The Bertz CT molecular complexity index is 371. The molecule has 1 aromatic rings. The summed E-state index contributed by atoms with van der Waals surface area (Å²) in [6, 6.07) is 1.96. The van der Waals surface area contributed by atoms with Crippen LogP contribution >= 0.6 is 11.3 Å². The molecule has 0 amide bonds. The van der Waals surface area contributed by atoms with Gasteiger partial charge >= 0.3 is 5.97 Å². The van der Waals surface area contributed by atoms with Crippen molar-refractivity contribution in [3.05, 3.63) is 21.9 Å². The third kappa shape index (κ3) is 7.09. The minimum Gasteiger partial charge on any atom is -0.477 e. The normalized spacial score (nSPS) is 10.8. The molecule has 0 aliphatic heterocycles. The number of carbonyl (C=O) groups is 1. The molecule has 0 fully saturated rings. The second kappa shape index (κ2) is 10.9. The molecular weight excluding hydrogens is 268 g/mol. The van der Waals surface area contributed by atoms with Gasteiger partial charge in [-0.25, -0.2) is 4.79 Å². The Morgan fingerprint density at radius 3 is 2.10 bits per heavy atom. The molecule has 0 unspecified atom stereocenters. The molecule has 0 aliphatic rings. The summed E-state index contributed by atoms with van der Waals surface area (Å²) in [5.74, 6) is -0.776. The van der Waals surface area contributed by atoms with Gasteiger partial charge in [-0.1, -0.05) is 64.7 Å². The molecule has 0 bridgehead atoms. The highest BCUT2D eigenvalue weighted by molar-refractivity contribution is 7.12. The number of hydrogen-bond acceptors (Lipinski definition) is 2. The maximum Gasteiger partial charge on any atom is 0.346 e. The lowest BCUT2D eigenvalue weighted by atomic mass is 10.0. The predicted octanol–water partition coefficient (Wildman–Crippen LogP) is 5.91. The largest absolute Gasteiger partial charge is 0.477 e. The van der Waals surface area contributed by atoms with Gasteiger partial charge in [0.2, 0.25) is 0 Å². The van der Waals surface area contributed by atoms with E-state index in [1.54, 1.807) is 0 Å². The van der Waals surface area contributed by atoms with Crippen LogP contribution in [0.5, 0.6) is 0 Å². The van der Waals surface area contributed by atoms with Crippen LogP contribution in [-0.2, 0) is 6.42 Å². The van der Waals surface area contributed by atoms with Crippen LogP contribution in [0.2, 0.25) is 0 Å². The standard InChI is InChI=1S/C17H28O2S/c1-2-3-4-5-6-7-8-9-10-11-12-15-13-14-20-16(15)17(18)19/h13-14H,2-12H2,1H3,(H,18,19). The van der Waals surface area contributed by atoms with Crippen molar-refractivity contribution in [1.82, 2.24) is 0 Å². The van der Waals surface area contributed by atoms with Crippen LogP contribution in [0.4, 0.5) is 0 Å². The van der Waals surface area contributed by atoms with Gasteiger partial charge in [-0.05, 0) is 29.9 Å². The van der Waals surface area contributed by atoms with Crippen molar-refractivity contribution in [1.29, 1.82) is 0 Å². The first kappa shape index (κ1) is 17.2. The Balaban J connectivity index is 1.97. The van der Waals surface area contributed by atoms with Crippen molar-refractivity contribution in [2.24, 2.45) is 0 Å². The molecule has 20 heavy (non-hydrogen) atoms. The zero-order valence-electron chi connectivity index (χ0n) is 12.7. The van der Waals surface area contributed by atoms with E-state index in [1.807, 2.05) is 11.4 Å². The number of unbranched alkanes of at least 4 members (excludes halogenated alkanes) is 9. The fourth-order valence-corrected chi connectivity index (χ4v) is 3.31. The molecule has 1 heterocycles. The summed E-state index contributed by atoms with van der Waals surface area (Å²) in [7, 11) is 0. The van der Waals surface area contributed by atoms with E-state index in [2.05, 4.69) is 6.92 Å². The van der Waals surface area contributed by atoms with Crippen LogP contribution in [0.1, 0.15) is 86.4 Å². The van der Waals surface area contributed by atoms with E-state index in [4.69, 9.17) is 5.11 Å². The maximum atomic E-state index is 11.0. The molecule has 3 heteroatoms. The summed E-state index contributed by atoms with van der Waals surface area (Å²) in [6.07, 6.45) is 14.1. The van der Waals surface area contributed by atoms with Gasteiger partial charge in [-0.3, -0.25) is 0 Å². The number of aryl methyl sites for hydroxylation is 1. The lowest BCUT2D eigenvalue weighted by Crippen LogP contribution is -1.97. The molecule has 0 aliphatic carbocycles. The molecule has 1 N–H and O–H groups in total. The van der Waals surface area contributed by atoms with Gasteiger partial charge in [-0.15, -0.1) is 11.3 Å². The minimum absolute atomic E-state index is 0.529. The van der Waals surface area contributed by atoms with Gasteiger partial charge in [-0.2, -0.15) is 0 Å². The van der Waals surface area contributed by atoms with E-state index in [9.17, 15) is 4.79 Å². The van der Waals surface area contributed by atoms with E-state index in [1.165, 1.54) is 69.1 Å². The lowest BCUT2D eigenvalue weighted by molar-refractivity contribution is 0.0701. The second-order valence-electron chi connectivity index (χ2n) is 5.51. The van der Waals surface area contributed by atoms with E-state index in [0.717, 1.165) is 18.4 Å². The van der Waals surface area contributed by atoms with Crippen LogP contribution in [0, 0.1) is 0 Å². The average Bonchev–Trinajstić information content (AvgIpc) is 2.89. The molecule has 0 aromatic carbocycles. The van der Waals surface area contributed by atoms with Gasteiger partial charge < -0.3 is 5.11 Å². The molecule has 1 rings (SSSR count). The fraction of sp³-hybridized carbons (Fsp3) is 0.706. The quantitative estimate of drug-likeness (QED) is 0.487. The Morgan fingerprint density at radius 2 is 1.55 bits per heavy atom. The zero-order chi connectivity index (χ0) is 14.6. The highest BCUT2D eigenvalue weighted by atomic mass is 32.1. The van der Waals surface area contributed by atoms with Crippen molar-refractivity contribution in [2.45, 2.75) is 77.6 Å². The number of rotatable bonds is 12. The Labute approximate surface area is 127 Å². The first-order chi connectivity index (χ1) is 9.75. The van der Waals surface area contributed by atoms with Gasteiger partial charge in [0.1, 0.15) is 4.88 Å². The molecule has 114 valence electrons. The van der Waals surface area contributed by atoms with E-state index in [-0.39, 0.29) is 0 Å². The highest BCUT2D eigenvalue weighted by Crippen LogP contribution is 2.19. The smallest absolute Gasteiger partial charge is 0.346 e. The molecule has 0 radical (unpaired) electrons. The second-order valence-corrected chi connectivity index (χ2v) is 6.43. The molecule has 1 aromatic heterocycles. The van der Waals surface area contributed by atoms with Gasteiger partial charge in [0.05, 0.1) is 0 Å². The number of hydrogen-bond donors (Lipinski definition) is 1. The monoisotopic (exact) mass is 296 g/mol. The van der Waals surface area contributed by atoms with Crippen molar-refractivity contribution in [3.63, 3.8) is 0 Å². The van der Waals surface area contributed by atoms with Crippen LogP contribution in [0.15, 0.2) is 11.4 Å². The average molecular weight is 296 g/mol. The van der Waals surface area contributed by atoms with Crippen LogP contribution < -0.4 is 0 Å². The summed E-state index contributed by atoms with van der Waals surface area (Å²) >= 11 is 1.34. The Morgan fingerprint density at radius 1 is 1.00 bits per heavy atom. The summed E-state index contributed by atoms with van der Waals surface area (Å²) in [6.45, 7) is 2.25. The van der Waals surface area contributed by atoms with Crippen LogP contribution in [-0.4, -0.2) is 11.1 Å².